The number of sulfonamides is 1. The number of methoxy groups -OCH3 is 4. The second-order valence-corrected chi connectivity index (χ2v) is 9.62. The molecule has 0 atom stereocenters. The molecule has 0 aliphatic heterocycles. The van der Waals surface area contributed by atoms with Gasteiger partial charge in [-0.25, -0.2) is 13.4 Å². The van der Waals surface area contributed by atoms with Gasteiger partial charge in [-0.05, 0) is 40.2 Å². The van der Waals surface area contributed by atoms with E-state index in [1.54, 1.807) is 62.8 Å². The van der Waals surface area contributed by atoms with Gasteiger partial charge in [0.05, 0.1) is 28.4 Å². The van der Waals surface area contributed by atoms with Crippen molar-refractivity contribution in [3.63, 3.8) is 0 Å². The molecule has 3 rings (SSSR count). The third-order valence-corrected chi connectivity index (χ3v) is 7.11. The van der Waals surface area contributed by atoms with Crippen LogP contribution in [0.3, 0.4) is 0 Å². The predicted octanol–water partition coefficient (Wildman–Crippen LogP) is 4.27. The Hall–Kier alpha value is -2.82. The number of nitrogens with zero attached hydrogens (tertiary/aromatic N) is 2. The molecule has 0 saturated carbocycles. The van der Waals surface area contributed by atoms with Crippen LogP contribution in [0.1, 0.15) is 11.1 Å². The maximum absolute atomic E-state index is 13.7. The van der Waals surface area contributed by atoms with Crippen LogP contribution in [0.2, 0.25) is 0 Å². The van der Waals surface area contributed by atoms with Crippen molar-refractivity contribution in [2.75, 3.05) is 28.4 Å². The molecule has 8 nitrogen and oxygen atoms in total. The maximum Gasteiger partial charge on any atom is 0.261 e. The van der Waals surface area contributed by atoms with Crippen LogP contribution in [-0.2, 0) is 23.1 Å². The molecule has 0 aliphatic rings. The molecule has 0 bridgehead atoms. The normalized spacial score (nSPS) is 11.3. The van der Waals surface area contributed by atoms with E-state index in [-0.39, 0.29) is 18.1 Å². The van der Waals surface area contributed by atoms with Gasteiger partial charge in [0.25, 0.3) is 10.0 Å². The summed E-state index contributed by atoms with van der Waals surface area (Å²) in [6.45, 7) is 0.0811. The van der Waals surface area contributed by atoms with Crippen molar-refractivity contribution >= 4 is 26.0 Å². The SMILES string of the molecule is COc1ccc(CN(Cc2ccc(OC)cc2OC)S(=O)(=O)c2cccc(Br)n2)c(OC)c1. The van der Waals surface area contributed by atoms with Gasteiger partial charge in [0, 0.05) is 36.3 Å². The highest BCUT2D eigenvalue weighted by molar-refractivity contribution is 9.10. The standard InChI is InChI=1S/C23H25BrN2O6S/c1-29-18-10-8-16(20(12-18)31-3)14-26(33(27,28)23-7-5-6-22(24)25-23)15-17-9-11-19(30-2)13-21(17)32-4/h5-13H,14-15H2,1-4H3. The molecule has 0 radical (unpaired) electrons. The number of halogens is 1. The van der Waals surface area contributed by atoms with Crippen LogP contribution in [0.25, 0.3) is 0 Å². The number of hydrogen-bond donors (Lipinski definition) is 0. The van der Waals surface area contributed by atoms with E-state index in [1.165, 1.54) is 24.6 Å². The Kier molecular flexibility index (Phi) is 8.17. The maximum atomic E-state index is 13.7. The molecule has 0 spiro atoms. The van der Waals surface area contributed by atoms with Crippen molar-refractivity contribution in [2.24, 2.45) is 0 Å². The van der Waals surface area contributed by atoms with Crippen LogP contribution in [-0.4, -0.2) is 46.1 Å². The molecule has 10 heteroatoms. The van der Waals surface area contributed by atoms with Gasteiger partial charge in [-0.2, -0.15) is 4.31 Å². The first-order chi connectivity index (χ1) is 15.8. The van der Waals surface area contributed by atoms with Crippen molar-refractivity contribution < 1.29 is 27.4 Å². The van der Waals surface area contributed by atoms with E-state index < -0.39 is 10.0 Å². The molecule has 33 heavy (non-hydrogen) atoms. The molecule has 176 valence electrons. The lowest BCUT2D eigenvalue weighted by molar-refractivity contribution is 0.357. The fourth-order valence-corrected chi connectivity index (χ4v) is 5.04. The minimum Gasteiger partial charge on any atom is -0.497 e. The van der Waals surface area contributed by atoms with Crippen molar-refractivity contribution in [1.29, 1.82) is 0 Å². The molecule has 2 aromatic carbocycles. The van der Waals surface area contributed by atoms with Gasteiger partial charge in [-0.15, -0.1) is 0 Å². The number of pyridine rings is 1. The number of rotatable bonds is 10. The summed E-state index contributed by atoms with van der Waals surface area (Å²) >= 11 is 3.25. The second-order valence-electron chi connectivity index (χ2n) is 6.93. The Morgan fingerprint density at radius 2 is 1.30 bits per heavy atom. The zero-order chi connectivity index (χ0) is 24.0. The smallest absolute Gasteiger partial charge is 0.261 e. The topological polar surface area (TPSA) is 87.2 Å². The molecule has 0 unspecified atom stereocenters. The van der Waals surface area contributed by atoms with Crippen molar-refractivity contribution in [3.05, 3.63) is 70.3 Å². The third-order valence-electron chi connectivity index (χ3n) is 4.98. The molecule has 0 saturated heterocycles. The van der Waals surface area contributed by atoms with E-state index in [9.17, 15) is 8.42 Å². The lowest BCUT2D eigenvalue weighted by atomic mass is 10.1. The van der Waals surface area contributed by atoms with Crippen LogP contribution in [0, 0.1) is 0 Å². The van der Waals surface area contributed by atoms with Crippen molar-refractivity contribution in [2.45, 2.75) is 18.1 Å². The second kappa shape index (κ2) is 10.9. The van der Waals surface area contributed by atoms with Crippen LogP contribution < -0.4 is 18.9 Å². The van der Waals surface area contributed by atoms with Gasteiger partial charge >= 0.3 is 0 Å². The van der Waals surface area contributed by atoms with Gasteiger partial charge in [0.2, 0.25) is 0 Å². The van der Waals surface area contributed by atoms with E-state index in [0.717, 1.165) is 0 Å². The number of aromatic nitrogens is 1. The number of benzene rings is 2. The highest BCUT2D eigenvalue weighted by Crippen LogP contribution is 2.31. The van der Waals surface area contributed by atoms with Crippen molar-refractivity contribution in [3.8, 4) is 23.0 Å². The van der Waals surface area contributed by atoms with Gasteiger partial charge < -0.3 is 18.9 Å². The quantitative estimate of drug-likeness (QED) is 0.357. The summed E-state index contributed by atoms with van der Waals surface area (Å²) in [6.07, 6.45) is 0. The predicted molar refractivity (Wildman–Crippen MR) is 127 cm³/mol. The molecular weight excluding hydrogens is 512 g/mol. The van der Waals surface area contributed by atoms with E-state index in [2.05, 4.69) is 20.9 Å². The van der Waals surface area contributed by atoms with E-state index >= 15 is 0 Å². The summed E-state index contributed by atoms with van der Waals surface area (Å²) in [5, 5.41) is -0.0724. The summed E-state index contributed by atoms with van der Waals surface area (Å²) in [5.41, 5.74) is 1.34. The van der Waals surface area contributed by atoms with Gasteiger partial charge in [0.1, 0.15) is 27.6 Å². The summed E-state index contributed by atoms with van der Waals surface area (Å²) in [5.74, 6) is 2.24. The Labute approximate surface area is 202 Å². The van der Waals surface area contributed by atoms with Gasteiger partial charge in [-0.3, -0.25) is 0 Å². The average Bonchev–Trinajstić information content (AvgIpc) is 2.83. The first kappa shape index (κ1) is 24.8. The summed E-state index contributed by atoms with van der Waals surface area (Å²) in [7, 11) is 2.18. The molecule has 1 heterocycles. The minimum atomic E-state index is -3.98. The van der Waals surface area contributed by atoms with Crippen LogP contribution in [0.4, 0.5) is 0 Å². The van der Waals surface area contributed by atoms with Crippen LogP contribution in [0.5, 0.6) is 23.0 Å². The summed E-state index contributed by atoms with van der Waals surface area (Å²) < 4.78 is 50.5. The van der Waals surface area contributed by atoms with Gasteiger partial charge in [0.15, 0.2) is 5.03 Å². The monoisotopic (exact) mass is 536 g/mol. The molecular formula is C23H25BrN2O6S. The van der Waals surface area contributed by atoms with E-state index in [1.807, 2.05) is 0 Å². The summed E-state index contributed by atoms with van der Waals surface area (Å²) in [6, 6.07) is 15.3. The molecule has 3 aromatic rings. The first-order valence-electron chi connectivity index (χ1n) is 9.87. The Morgan fingerprint density at radius 1 is 0.788 bits per heavy atom. The molecule has 0 fully saturated rings. The Bertz CT molecular complexity index is 1160. The minimum absolute atomic E-state index is 0.0406. The fraction of sp³-hybridized carbons (Fsp3) is 0.261. The van der Waals surface area contributed by atoms with E-state index in [0.29, 0.717) is 38.7 Å². The molecule has 0 N–H and O–H groups in total. The largest absolute Gasteiger partial charge is 0.497 e. The number of hydrogen-bond acceptors (Lipinski definition) is 7. The third kappa shape index (κ3) is 5.76. The Balaban J connectivity index is 2.07. The fourth-order valence-electron chi connectivity index (χ4n) is 3.24. The molecule has 1 aromatic heterocycles. The average molecular weight is 537 g/mol. The first-order valence-corrected chi connectivity index (χ1v) is 12.1. The zero-order valence-electron chi connectivity index (χ0n) is 18.7. The van der Waals surface area contributed by atoms with Crippen molar-refractivity contribution in [1.82, 2.24) is 9.29 Å². The number of ether oxygens (including phenoxy) is 4. The highest BCUT2D eigenvalue weighted by atomic mass is 79.9. The molecule has 0 aliphatic carbocycles. The zero-order valence-corrected chi connectivity index (χ0v) is 21.1. The highest BCUT2D eigenvalue weighted by Gasteiger charge is 2.28. The van der Waals surface area contributed by atoms with Crippen LogP contribution >= 0.6 is 15.9 Å². The lowest BCUT2D eigenvalue weighted by Gasteiger charge is -2.24. The molecule has 0 amide bonds. The van der Waals surface area contributed by atoms with Crippen LogP contribution in [0.15, 0.2) is 64.2 Å². The summed E-state index contributed by atoms with van der Waals surface area (Å²) in [4.78, 5) is 4.17. The lowest BCUT2D eigenvalue weighted by Crippen LogP contribution is -2.31. The van der Waals surface area contributed by atoms with Gasteiger partial charge in [-0.1, -0.05) is 18.2 Å². The Morgan fingerprint density at radius 3 is 1.73 bits per heavy atom. The van der Waals surface area contributed by atoms with E-state index in [4.69, 9.17) is 18.9 Å².